The number of amides is 1. The average molecular weight is 338 g/mol. The van der Waals surface area contributed by atoms with Gasteiger partial charge >= 0.3 is 0 Å². The highest BCUT2D eigenvalue weighted by Crippen LogP contribution is 2.23. The number of aromatic nitrogens is 2. The van der Waals surface area contributed by atoms with Crippen molar-refractivity contribution in [2.45, 2.75) is 40.5 Å². The van der Waals surface area contributed by atoms with Gasteiger partial charge < -0.3 is 10.2 Å². The van der Waals surface area contributed by atoms with Crippen molar-refractivity contribution in [1.82, 2.24) is 9.97 Å². The van der Waals surface area contributed by atoms with Crippen molar-refractivity contribution in [3.8, 4) is 0 Å². The van der Waals surface area contributed by atoms with Gasteiger partial charge in [-0.05, 0) is 69.9 Å². The van der Waals surface area contributed by atoms with E-state index >= 15 is 0 Å². The van der Waals surface area contributed by atoms with Crippen LogP contribution < -0.4 is 10.2 Å². The lowest BCUT2D eigenvalue weighted by Crippen LogP contribution is -2.41. The van der Waals surface area contributed by atoms with Gasteiger partial charge in [-0.15, -0.1) is 0 Å². The van der Waals surface area contributed by atoms with Crippen LogP contribution in [0.15, 0.2) is 24.3 Å². The Hall–Kier alpha value is -2.43. The van der Waals surface area contributed by atoms with E-state index in [4.69, 9.17) is 0 Å². The first kappa shape index (κ1) is 17.4. The van der Waals surface area contributed by atoms with Gasteiger partial charge in [0, 0.05) is 30.2 Å². The summed E-state index contributed by atoms with van der Waals surface area (Å²) >= 11 is 0. The van der Waals surface area contributed by atoms with Crippen molar-refractivity contribution in [3.05, 3.63) is 46.8 Å². The molecule has 1 atom stereocenters. The summed E-state index contributed by atoms with van der Waals surface area (Å²) in [5.41, 5.74) is 5.12. The van der Waals surface area contributed by atoms with Crippen molar-refractivity contribution in [2.75, 3.05) is 23.3 Å². The van der Waals surface area contributed by atoms with Crippen LogP contribution in [0.4, 0.5) is 11.6 Å². The minimum absolute atomic E-state index is 0.0426. The molecular weight excluding hydrogens is 312 g/mol. The van der Waals surface area contributed by atoms with E-state index in [-0.39, 0.29) is 11.8 Å². The zero-order chi connectivity index (χ0) is 18.0. The molecule has 1 aliphatic heterocycles. The molecule has 132 valence electrons. The molecule has 2 aromatic rings. The summed E-state index contributed by atoms with van der Waals surface area (Å²) in [6.07, 6.45) is 1.87. The Morgan fingerprint density at radius 2 is 1.68 bits per heavy atom. The fourth-order valence-corrected chi connectivity index (χ4v) is 3.51. The molecule has 1 N–H and O–H groups in total. The van der Waals surface area contributed by atoms with Gasteiger partial charge in [0.05, 0.1) is 5.92 Å². The molecular formula is C20H26N4O. The Labute approximate surface area is 149 Å². The van der Waals surface area contributed by atoms with Crippen LogP contribution in [0.1, 0.15) is 35.4 Å². The number of hydrogen-bond acceptors (Lipinski definition) is 4. The van der Waals surface area contributed by atoms with Gasteiger partial charge in [-0.2, -0.15) is 0 Å². The summed E-state index contributed by atoms with van der Waals surface area (Å²) in [5, 5.41) is 3.08. The lowest BCUT2D eigenvalue weighted by molar-refractivity contribution is -0.120. The minimum atomic E-state index is -0.0426. The number of rotatable bonds is 3. The molecule has 5 heteroatoms. The summed E-state index contributed by atoms with van der Waals surface area (Å²) in [6.45, 7) is 9.61. The second-order valence-corrected chi connectivity index (χ2v) is 7.10. The quantitative estimate of drug-likeness (QED) is 0.929. The summed E-state index contributed by atoms with van der Waals surface area (Å²) < 4.78 is 0. The highest BCUT2D eigenvalue weighted by molar-refractivity contribution is 5.93. The van der Waals surface area contributed by atoms with Crippen LogP contribution in [0.3, 0.4) is 0 Å². The van der Waals surface area contributed by atoms with Crippen molar-refractivity contribution < 1.29 is 4.79 Å². The molecule has 1 saturated heterocycles. The standard InChI is InChI=1S/C20H26N4O/c1-13-8-14(2)10-18(9-13)23-19(25)17-6-5-7-24(12-17)20-21-15(3)11-16(4)22-20/h8-11,17H,5-7,12H2,1-4H3,(H,23,25)/t17-/m1/s1. The lowest BCUT2D eigenvalue weighted by atomic mass is 9.97. The number of benzene rings is 1. The van der Waals surface area contributed by atoms with Gasteiger partial charge in [0.2, 0.25) is 11.9 Å². The maximum atomic E-state index is 12.7. The monoisotopic (exact) mass is 338 g/mol. The third-order valence-electron chi connectivity index (χ3n) is 4.53. The van der Waals surface area contributed by atoms with E-state index < -0.39 is 0 Å². The van der Waals surface area contributed by atoms with E-state index in [0.717, 1.165) is 53.5 Å². The molecule has 1 aromatic heterocycles. The number of nitrogens with zero attached hydrogens (tertiary/aromatic N) is 3. The average Bonchev–Trinajstić information content (AvgIpc) is 2.53. The third-order valence-corrected chi connectivity index (χ3v) is 4.53. The van der Waals surface area contributed by atoms with E-state index in [1.54, 1.807) is 0 Å². The van der Waals surface area contributed by atoms with Crippen LogP contribution in [0.25, 0.3) is 0 Å². The highest BCUT2D eigenvalue weighted by Gasteiger charge is 2.27. The molecule has 0 saturated carbocycles. The van der Waals surface area contributed by atoms with Crippen molar-refractivity contribution in [1.29, 1.82) is 0 Å². The number of carbonyl (C=O) groups is 1. The van der Waals surface area contributed by atoms with E-state index in [2.05, 4.69) is 26.3 Å². The molecule has 1 amide bonds. The van der Waals surface area contributed by atoms with E-state index in [0.29, 0.717) is 6.54 Å². The molecule has 1 aromatic carbocycles. The van der Waals surface area contributed by atoms with Crippen LogP contribution in [0, 0.1) is 33.6 Å². The zero-order valence-corrected chi connectivity index (χ0v) is 15.5. The Morgan fingerprint density at radius 3 is 2.32 bits per heavy atom. The Kier molecular flexibility index (Phi) is 5.02. The van der Waals surface area contributed by atoms with Crippen LogP contribution in [-0.2, 0) is 4.79 Å². The number of piperidine rings is 1. The lowest BCUT2D eigenvalue weighted by Gasteiger charge is -2.32. The molecule has 2 heterocycles. The molecule has 0 bridgehead atoms. The molecule has 5 nitrogen and oxygen atoms in total. The number of carbonyl (C=O) groups excluding carboxylic acids is 1. The SMILES string of the molecule is Cc1cc(C)cc(NC(=O)[C@@H]2CCCN(c3nc(C)cc(C)n3)C2)c1. The van der Waals surface area contributed by atoms with Crippen LogP contribution in [0.2, 0.25) is 0 Å². The van der Waals surface area contributed by atoms with Crippen molar-refractivity contribution in [2.24, 2.45) is 5.92 Å². The summed E-state index contributed by atoms with van der Waals surface area (Å²) in [7, 11) is 0. The van der Waals surface area contributed by atoms with Crippen LogP contribution >= 0.6 is 0 Å². The van der Waals surface area contributed by atoms with Gasteiger partial charge in [0.1, 0.15) is 0 Å². The topological polar surface area (TPSA) is 58.1 Å². The Morgan fingerprint density at radius 1 is 1.04 bits per heavy atom. The van der Waals surface area contributed by atoms with Gasteiger partial charge in [-0.1, -0.05) is 6.07 Å². The van der Waals surface area contributed by atoms with Gasteiger partial charge in [0.15, 0.2) is 0 Å². The molecule has 3 rings (SSSR count). The van der Waals surface area contributed by atoms with Crippen LogP contribution in [0.5, 0.6) is 0 Å². The predicted octanol–water partition coefficient (Wildman–Crippen LogP) is 3.57. The van der Waals surface area contributed by atoms with Crippen LogP contribution in [-0.4, -0.2) is 29.0 Å². The number of aryl methyl sites for hydroxylation is 4. The largest absolute Gasteiger partial charge is 0.340 e. The van der Waals surface area contributed by atoms with E-state index in [9.17, 15) is 4.79 Å². The summed E-state index contributed by atoms with van der Waals surface area (Å²) in [6, 6.07) is 8.10. The highest BCUT2D eigenvalue weighted by atomic mass is 16.1. The molecule has 0 unspecified atom stereocenters. The molecule has 25 heavy (non-hydrogen) atoms. The molecule has 0 radical (unpaired) electrons. The van der Waals surface area contributed by atoms with Gasteiger partial charge in [0.25, 0.3) is 0 Å². The zero-order valence-electron chi connectivity index (χ0n) is 15.5. The normalized spacial score (nSPS) is 17.4. The van der Waals surface area contributed by atoms with Gasteiger partial charge in [-0.3, -0.25) is 4.79 Å². The number of anilines is 2. The first-order valence-electron chi connectivity index (χ1n) is 8.87. The first-order valence-corrected chi connectivity index (χ1v) is 8.87. The smallest absolute Gasteiger partial charge is 0.229 e. The maximum absolute atomic E-state index is 12.7. The fourth-order valence-electron chi connectivity index (χ4n) is 3.51. The Bertz CT molecular complexity index is 747. The van der Waals surface area contributed by atoms with E-state index in [1.807, 2.05) is 45.9 Å². The minimum Gasteiger partial charge on any atom is -0.340 e. The van der Waals surface area contributed by atoms with Gasteiger partial charge in [-0.25, -0.2) is 9.97 Å². The number of hydrogen-bond donors (Lipinski definition) is 1. The third kappa shape index (κ3) is 4.35. The second kappa shape index (κ2) is 7.21. The first-order chi connectivity index (χ1) is 11.9. The number of nitrogens with one attached hydrogen (secondary N) is 1. The summed E-state index contributed by atoms with van der Waals surface area (Å²) in [5.74, 6) is 0.777. The molecule has 1 fully saturated rings. The Balaban J connectivity index is 1.71. The predicted molar refractivity (Wildman–Crippen MR) is 101 cm³/mol. The molecule has 0 aliphatic carbocycles. The second-order valence-electron chi connectivity index (χ2n) is 7.10. The maximum Gasteiger partial charge on any atom is 0.229 e. The van der Waals surface area contributed by atoms with E-state index in [1.165, 1.54) is 0 Å². The van der Waals surface area contributed by atoms with Crippen molar-refractivity contribution >= 4 is 17.5 Å². The molecule has 0 spiro atoms. The van der Waals surface area contributed by atoms with Crippen molar-refractivity contribution in [3.63, 3.8) is 0 Å². The summed E-state index contributed by atoms with van der Waals surface area (Å²) in [4.78, 5) is 23.9. The molecule has 1 aliphatic rings. The fraction of sp³-hybridized carbons (Fsp3) is 0.450.